The minimum absolute atomic E-state index is 0.0418. The van der Waals surface area contributed by atoms with E-state index >= 15 is 0 Å². The van der Waals surface area contributed by atoms with E-state index in [9.17, 15) is 0 Å². The first-order valence-electron chi connectivity index (χ1n) is 3.61. The largest absolute Gasteiger partial charge is 0.409 e. The SMILES string of the molecule is CC(NCC(O)CO)C(N)=NO. The lowest BCUT2D eigenvalue weighted by Crippen LogP contribution is -2.43. The number of amidine groups is 1. The van der Waals surface area contributed by atoms with E-state index in [1.54, 1.807) is 6.92 Å². The van der Waals surface area contributed by atoms with Crippen molar-refractivity contribution in [2.24, 2.45) is 10.9 Å². The fourth-order valence-electron chi connectivity index (χ4n) is 0.569. The van der Waals surface area contributed by atoms with E-state index in [2.05, 4.69) is 10.5 Å². The third-order valence-corrected chi connectivity index (χ3v) is 1.43. The Kier molecular flexibility index (Phi) is 5.35. The molecule has 0 aliphatic rings. The zero-order valence-electron chi connectivity index (χ0n) is 6.94. The Morgan fingerprint density at radius 3 is 2.67 bits per heavy atom. The minimum Gasteiger partial charge on any atom is -0.409 e. The van der Waals surface area contributed by atoms with Gasteiger partial charge in [-0.25, -0.2) is 0 Å². The molecule has 6 N–H and O–H groups in total. The molecule has 0 saturated heterocycles. The molecule has 0 fully saturated rings. The summed E-state index contributed by atoms with van der Waals surface area (Å²) in [5, 5.41) is 31.1. The summed E-state index contributed by atoms with van der Waals surface area (Å²) < 4.78 is 0. The lowest BCUT2D eigenvalue weighted by molar-refractivity contribution is 0.0938. The van der Waals surface area contributed by atoms with Gasteiger partial charge >= 0.3 is 0 Å². The van der Waals surface area contributed by atoms with Crippen LogP contribution < -0.4 is 11.1 Å². The molecule has 0 rings (SSSR count). The molecule has 6 nitrogen and oxygen atoms in total. The number of hydrogen-bond acceptors (Lipinski definition) is 5. The van der Waals surface area contributed by atoms with E-state index in [1.807, 2.05) is 0 Å². The lowest BCUT2D eigenvalue weighted by atomic mass is 10.3. The molecule has 72 valence electrons. The highest BCUT2D eigenvalue weighted by Crippen LogP contribution is 1.83. The molecule has 0 aromatic heterocycles. The van der Waals surface area contributed by atoms with Crippen molar-refractivity contribution in [2.45, 2.75) is 19.1 Å². The van der Waals surface area contributed by atoms with Crippen molar-refractivity contribution in [1.29, 1.82) is 0 Å². The number of hydrogen-bond donors (Lipinski definition) is 5. The molecule has 0 amide bonds. The second kappa shape index (κ2) is 5.76. The third kappa shape index (κ3) is 4.12. The van der Waals surface area contributed by atoms with E-state index in [0.29, 0.717) is 0 Å². The van der Waals surface area contributed by atoms with Crippen LogP contribution in [-0.4, -0.2) is 46.6 Å². The molecule has 0 radical (unpaired) electrons. The number of aliphatic hydroxyl groups is 2. The number of aliphatic hydroxyl groups excluding tert-OH is 2. The van der Waals surface area contributed by atoms with Gasteiger partial charge < -0.3 is 26.5 Å². The van der Waals surface area contributed by atoms with Crippen molar-refractivity contribution in [3.8, 4) is 0 Å². The smallest absolute Gasteiger partial charge is 0.156 e. The maximum absolute atomic E-state index is 8.91. The summed E-state index contributed by atoms with van der Waals surface area (Å²) in [7, 11) is 0. The zero-order chi connectivity index (χ0) is 9.56. The number of nitrogens with one attached hydrogen (secondary N) is 1. The highest BCUT2D eigenvalue weighted by Gasteiger charge is 2.08. The summed E-state index contributed by atoms with van der Waals surface area (Å²) in [5.74, 6) is 0.0418. The van der Waals surface area contributed by atoms with E-state index < -0.39 is 6.10 Å². The van der Waals surface area contributed by atoms with Crippen LogP contribution in [0.4, 0.5) is 0 Å². The average molecular weight is 177 g/mol. The Morgan fingerprint density at radius 2 is 2.25 bits per heavy atom. The van der Waals surface area contributed by atoms with Gasteiger partial charge in [0.15, 0.2) is 5.84 Å². The van der Waals surface area contributed by atoms with Crippen molar-refractivity contribution >= 4 is 5.84 Å². The fraction of sp³-hybridized carbons (Fsp3) is 0.833. The van der Waals surface area contributed by atoms with Crippen molar-refractivity contribution in [1.82, 2.24) is 5.32 Å². The predicted octanol–water partition coefficient (Wildman–Crippen LogP) is -1.94. The zero-order valence-corrected chi connectivity index (χ0v) is 6.94. The molecule has 0 heterocycles. The van der Waals surface area contributed by atoms with Crippen LogP contribution in [0.3, 0.4) is 0 Å². The van der Waals surface area contributed by atoms with E-state index in [4.69, 9.17) is 21.2 Å². The predicted molar refractivity (Wildman–Crippen MR) is 44.0 cm³/mol. The summed E-state index contributed by atoms with van der Waals surface area (Å²) in [4.78, 5) is 0. The Labute approximate surface area is 70.7 Å². The van der Waals surface area contributed by atoms with Gasteiger partial charge in [-0.2, -0.15) is 0 Å². The topological polar surface area (TPSA) is 111 Å². The van der Waals surface area contributed by atoms with Gasteiger partial charge in [0.2, 0.25) is 0 Å². The summed E-state index contributed by atoms with van der Waals surface area (Å²) in [6.07, 6.45) is -0.820. The molecule has 2 unspecified atom stereocenters. The second-order valence-corrected chi connectivity index (χ2v) is 2.49. The summed E-state index contributed by atoms with van der Waals surface area (Å²) in [5.41, 5.74) is 5.24. The number of nitrogens with two attached hydrogens (primary N) is 1. The van der Waals surface area contributed by atoms with Crippen LogP contribution in [0.5, 0.6) is 0 Å². The molecule has 0 bridgehead atoms. The maximum atomic E-state index is 8.91. The van der Waals surface area contributed by atoms with E-state index in [0.717, 1.165) is 0 Å². The van der Waals surface area contributed by atoms with Crippen LogP contribution in [0.15, 0.2) is 5.16 Å². The van der Waals surface area contributed by atoms with Crippen molar-refractivity contribution in [3.05, 3.63) is 0 Å². The minimum atomic E-state index is -0.820. The Bertz CT molecular complexity index is 151. The lowest BCUT2D eigenvalue weighted by Gasteiger charge is -2.14. The number of rotatable bonds is 5. The van der Waals surface area contributed by atoms with Crippen LogP contribution in [0, 0.1) is 0 Å². The van der Waals surface area contributed by atoms with Crippen LogP contribution in [-0.2, 0) is 0 Å². The highest BCUT2D eigenvalue weighted by atomic mass is 16.4. The Morgan fingerprint density at radius 1 is 1.67 bits per heavy atom. The third-order valence-electron chi connectivity index (χ3n) is 1.43. The fourth-order valence-corrected chi connectivity index (χ4v) is 0.569. The van der Waals surface area contributed by atoms with Gasteiger partial charge in [-0.15, -0.1) is 0 Å². The maximum Gasteiger partial charge on any atom is 0.156 e. The standard InChI is InChI=1S/C6H15N3O3/c1-4(6(7)9-12)8-2-5(11)3-10/h4-5,8,10-12H,2-3H2,1H3,(H2,7,9). The van der Waals surface area contributed by atoms with Crippen LogP contribution in [0.1, 0.15) is 6.92 Å². The van der Waals surface area contributed by atoms with Crippen LogP contribution in [0.25, 0.3) is 0 Å². The molecule has 6 heteroatoms. The van der Waals surface area contributed by atoms with Gasteiger partial charge in [-0.1, -0.05) is 5.16 Å². The van der Waals surface area contributed by atoms with E-state index in [1.165, 1.54) is 0 Å². The van der Waals surface area contributed by atoms with Crippen LogP contribution >= 0.6 is 0 Å². The quantitative estimate of drug-likeness (QED) is 0.145. The normalized spacial score (nSPS) is 17.4. The number of nitrogens with zero attached hydrogens (tertiary/aromatic N) is 1. The van der Waals surface area contributed by atoms with Gasteiger partial charge in [-0.3, -0.25) is 0 Å². The van der Waals surface area contributed by atoms with Gasteiger partial charge in [0, 0.05) is 6.54 Å². The first kappa shape index (κ1) is 11.2. The van der Waals surface area contributed by atoms with Gasteiger partial charge in [0.25, 0.3) is 0 Å². The first-order valence-corrected chi connectivity index (χ1v) is 3.61. The Hall–Kier alpha value is -0.850. The van der Waals surface area contributed by atoms with Crippen molar-refractivity contribution < 1.29 is 15.4 Å². The molecule has 0 aromatic rings. The Balaban J connectivity index is 3.64. The first-order chi connectivity index (χ1) is 5.61. The molecule has 12 heavy (non-hydrogen) atoms. The number of oxime groups is 1. The summed E-state index contributed by atoms with van der Waals surface area (Å²) in [6, 6.07) is -0.323. The molecule has 0 aliphatic heterocycles. The van der Waals surface area contributed by atoms with E-state index in [-0.39, 0.29) is 25.0 Å². The van der Waals surface area contributed by atoms with Gasteiger partial charge in [-0.05, 0) is 6.92 Å². The summed E-state index contributed by atoms with van der Waals surface area (Å²) in [6.45, 7) is 1.57. The molecule has 0 aromatic carbocycles. The molecular formula is C6H15N3O3. The highest BCUT2D eigenvalue weighted by molar-refractivity contribution is 5.84. The molecule has 0 aliphatic carbocycles. The van der Waals surface area contributed by atoms with Gasteiger partial charge in [0.05, 0.1) is 18.8 Å². The molecular weight excluding hydrogens is 162 g/mol. The average Bonchev–Trinajstić information content (AvgIpc) is 2.11. The van der Waals surface area contributed by atoms with Crippen molar-refractivity contribution in [3.63, 3.8) is 0 Å². The monoisotopic (exact) mass is 177 g/mol. The van der Waals surface area contributed by atoms with Crippen molar-refractivity contribution in [2.75, 3.05) is 13.2 Å². The molecule has 0 saturated carbocycles. The molecule has 2 atom stereocenters. The van der Waals surface area contributed by atoms with Gasteiger partial charge in [0.1, 0.15) is 0 Å². The second-order valence-electron chi connectivity index (χ2n) is 2.49. The molecule has 0 spiro atoms. The summed E-state index contributed by atoms with van der Waals surface area (Å²) >= 11 is 0. The van der Waals surface area contributed by atoms with Crippen LogP contribution in [0.2, 0.25) is 0 Å².